The van der Waals surface area contributed by atoms with Gasteiger partial charge in [0.05, 0.1) is 16.0 Å². The van der Waals surface area contributed by atoms with Gasteiger partial charge in [-0.25, -0.2) is 4.98 Å². The van der Waals surface area contributed by atoms with E-state index in [4.69, 9.17) is 0 Å². The van der Waals surface area contributed by atoms with E-state index in [0.717, 1.165) is 35.3 Å². The first kappa shape index (κ1) is 16.0. The number of fused-ring (bicyclic) bond motifs is 1. The predicted octanol–water partition coefficient (Wildman–Crippen LogP) is 3.83. The summed E-state index contributed by atoms with van der Waals surface area (Å²) in [5.74, 6) is 1.03. The molecule has 0 aliphatic heterocycles. The van der Waals surface area contributed by atoms with Gasteiger partial charge in [0.15, 0.2) is 0 Å². The summed E-state index contributed by atoms with van der Waals surface area (Å²) >= 11 is 0. The molecule has 0 atom stereocenters. The minimum Gasteiger partial charge on any atom is -0.379 e. The lowest BCUT2D eigenvalue weighted by Crippen LogP contribution is -2.08. The summed E-state index contributed by atoms with van der Waals surface area (Å²) in [7, 11) is 2.02. The van der Waals surface area contributed by atoms with Crippen molar-refractivity contribution in [1.82, 2.24) is 9.55 Å². The van der Waals surface area contributed by atoms with Gasteiger partial charge in [0.25, 0.3) is 5.69 Å². The van der Waals surface area contributed by atoms with Crippen LogP contribution in [0.2, 0.25) is 0 Å². The summed E-state index contributed by atoms with van der Waals surface area (Å²) in [6, 6.07) is 13.2. The van der Waals surface area contributed by atoms with E-state index >= 15 is 0 Å². The molecule has 0 saturated heterocycles. The Morgan fingerprint density at radius 2 is 2.00 bits per heavy atom. The van der Waals surface area contributed by atoms with Crippen molar-refractivity contribution in [2.45, 2.75) is 19.8 Å². The molecule has 0 aliphatic carbocycles. The van der Waals surface area contributed by atoms with Crippen LogP contribution in [-0.2, 0) is 13.5 Å². The van der Waals surface area contributed by atoms with Gasteiger partial charge >= 0.3 is 0 Å². The Hall–Kier alpha value is -2.89. The molecule has 0 aliphatic rings. The molecule has 6 nitrogen and oxygen atoms in total. The fourth-order valence-electron chi connectivity index (χ4n) is 2.91. The van der Waals surface area contributed by atoms with Gasteiger partial charge in [0.1, 0.15) is 11.5 Å². The smallest absolute Gasteiger partial charge is 0.292 e. The maximum absolute atomic E-state index is 11.1. The molecule has 0 saturated carbocycles. The average Bonchev–Trinajstić information content (AvgIpc) is 2.89. The highest BCUT2D eigenvalue weighted by Crippen LogP contribution is 2.27. The van der Waals surface area contributed by atoms with Crippen molar-refractivity contribution < 1.29 is 4.92 Å². The predicted molar refractivity (Wildman–Crippen MR) is 95.4 cm³/mol. The molecule has 0 radical (unpaired) electrons. The van der Waals surface area contributed by atoms with Crippen molar-refractivity contribution in [1.29, 1.82) is 0 Å². The zero-order valence-electron chi connectivity index (χ0n) is 13.8. The van der Waals surface area contributed by atoms with Crippen molar-refractivity contribution in [3.05, 3.63) is 64.0 Å². The normalized spacial score (nSPS) is 10.9. The average molecular weight is 324 g/mol. The maximum Gasteiger partial charge on any atom is 0.292 e. The number of rotatable bonds is 6. The highest BCUT2D eigenvalue weighted by Gasteiger charge is 2.15. The molecule has 1 heterocycles. The Bertz CT molecular complexity index is 886. The third-order valence-corrected chi connectivity index (χ3v) is 4.21. The summed E-state index contributed by atoms with van der Waals surface area (Å²) in [6.07, 6.45) is 1.67. The Labute approximate surface area is 140 Å². The second-order valence-electron chi connectivity index (χ2n) is 5.83. The molecule has 3 rings (SSSR count). The second kappa shape index (κ2) is 6.70. The van der Waals surface area contributed by atoms with Crippen LogP contribution in [0.15, 0.2) is 42.5 Å². The van der Waals surface area contributed by atoms with Crippen molar-refractivity contribution in [2.75, 3.05) is 11.9 Å². The number of hydrogen-bond acceptors (Lipinski definition) is 4. The van der Waals surface area contributed by atoms with E-state index in [1.165, 1.54) is 6.07 Å². The topological polar surface area (TPSA) is 73.0 Å². The molecule has 0 spiro atoms. The van der Waals surface area contributed by atoms with Gasteiger partial charge < -0.3 is 9.88 Å². The van der Waals surface area contributed by atoms with Gasteiger partial charge in [-0.1, -0.05) is 24.3 Å². The van der Waals surface area contributed by atoms with E-state index < -0.39 is 0 Å². The van der Waals surface area contributed by atoms with Crippen molar-refractivity contribution >= 4 is 22.4 Å². The number of benzene rings is 2. The van der Waals surface area contributed by atoms with Crippen molar-refractivity contribution in [3.63, 3.8) is 0 Å². The molecular weight excluding hydrogens is 304 g/mol. The van der Waals surface area contributed by atoms with E-state index in [1.54, 1.807) is 6.07 Å². The summed E-state index contributed by atoms with van der Waals surface area (Å²) in [6.45, 7) is 2.54. The van der Waals surface area contributed by atoms with E-state index in [0.29, 0.717) is 12.2 Å². The number of nitrogens with one attached hydrogen (secondary N) is 1. The number of hydrogen-bond donors (Lipinski definition) is 1. The van der Waals surface area contributed by atoms with E-state index in [-0.39, 0.29) is 10.6 Å². The Morgan fingerprint density at radius 3 is 2.75 bits per heavy atom. The zero-order valence-corrected chi connectivity index (χ0v) is 13.8. The molecule has 6 heteroatoms. The number of anilines is 1. The van der Waals surface area contributed by atoms with Crippen LogP contribution in [0.5, 0.6) is 0 Å². The highest BCUT2D eigenvalue weighted by atomic mass is 16.6. The van der Waals surface area contributed by atoms with Gasteiger partial charge in [-0.2, -0.15) is 0 Å². The van der Waals surface area contributed by atoms with E-state index in [1.807, 2.05) is 38.2 Å². The number of para-hydroxylation sites is 3. The molecule has 124 valence electrons. The Kier molecular flexibility index (Phi) is 4.46. The molecule has 0 amide bonds. The SMILES string of the molecule is Cc1cccc([N+](=O)[O-])c1NCCCc1nc2ccccc2n1C. The fraction of sp³-hybridized carbons (Fsp3) is 0.278. The summed E-state index contributed by atoms with van der Waals surface area (Å²) in [4.78, 5) is 15.4. The number of aromatic nitrogens is 2. The quantitative estimate of drug-likeness (QED) is 0.425. The van der Waals surface area contributed by atoms with E-state index in [2.05, 4.69) is 20.9 Å². The number of nitro benzene ring substituents is 1. The number of aryl methyl sites for hydroxylation is 3. The summed E-state index contributed by atoms with van der Waals surface area (Å²) < 4.78 is 2.10. The lowest BCUT2D eigenvalue weighted by molar-refractivity contribution is -0.384. The van der Waals surface area contributed by atoms with Crippen LogP contribution in [0.1, 0.15) is 17.8 Å². The molecule has 24 heavy (non-hydrogen) atoms. The summed E-state index contributed by atoms with van der Waals surface area (Å²) in [5, 5.41) is 14.3. The minimum atomic E-state index is -0.346. The first-order valence-electron chi connectivity index (χ1n) is 7.96. The number of imidazole rings is 1. The lowest BCUT2D eigenvalue weighted by Gasteiger charge is -2.10. The third-order valence-electron chi connectivity index (χ3n) is 4.21. The van der Waals surface area contributed by atoms with Crippen molar-refractivity contribution in [2.24, 2.45) is 7.05 Å². The van der Waals surface area contributed by atoms with Crippen LogP contribution in [-0.4, -0.2) is 21.0 Å². The van der Waals surface area contributed by atoms with Gasteiger partial charge in [0, 0.05) is 26.1 Å². The van der Waals surface area contributed by atoms with Crippen LogP contribution in [0, 0.1) is 17.0 Å². The zero-order chi connectivity index (χ0) is 17.1. The molecule has 0 bridgehead atoms. The first-order chi connectivity index (χ1) is 11.6. The summed E-state index contributed by atoms with van der Waals surface area (Å²) in [5.41, 5.74) is 3.73. The maximum atomic E-state index is 11.1. The van der Waals surface area contributed by atoms with Crippen LogP contribution in [0.4, 0.5) is 11.4 Å². The monoisotopic (exact) mass is 324 g/mol. The Morgan fingerprint density at radius 1 is 1.21 bits per heavy atom. The first-order valence-corrected chi connectivity index (χ1v) is 7.96. The molecule has 1 N–H and O–H groups in total. The number of nitro groups is 1. The highest BCUT2D eigenvalue weighted by molar-refractivity contribution is 5.75. The fourth-order valence-corrected chi connectivity index (χ4v) is 2.91. The van der Waals surface area contributed by atoms with Crippen LogP contribution >= 0.6 is 0 Å². The van der Waals surface area contributed by atoms with Gasteiger partial charge in [0.2, 0.25) is 0 Å². The molecule has 0 unspecified atom stereocenters. The van der Waals surface area contributed by atoms with Crippen LogP contribution in [0.25, 0.3) is 11.0 Å². The van der Waals surface area contributed by atoms with E-state index in [9.17, 15) is 10.1 Å². The lowest BCUT2D eigenvalue weighted by atomic mass is 10.1. The molecular formula is C18H20N4O2. The van der Waals surface area contributed by atoms with Gasteiger partial charge in [-0.05, 0) is 31.0 Å². The van der Waals surface area contributed by atoms with Crippen molar-refractivity contribution in [3.8, 4) is 0 Å². The third kappa shape index (κ3) is 3.08. The van der Waals surface area contributed by atoms with Gasteiger partial charge in [-0.3, -0.25) is 10.1 Å². The largest absolute Gasteiger partial charge is 0.379 e. The molecule has 3 aromatic rings. The molecule has 2 aromatic carbocycles. The molecule has 0 fully saturated rings. The van der Waals surface area contributed by atoms with Crippen LogP contribution in [0.3, 0.4) is 0 Å². The number of nitrogens with zero attached hydrogens (tertiary/aromatic N) is 3. The van der Waals surface area contributed by atoms with Gasteiger partial charge in [-0.15, -0.1) is 0 Å². The Balaban J connectivity index is 1.65. The van der Waals surface area contributed by atoms with Crippen LogP contribution < -0.4 is 5.32 Å². The molecule has 1 aromatic heterocycles. The standard InChI is InChI=1S/C18H20N4O2/c1-13-7-5-10-16(22(23)24)18(13)19-12-6-11-17-20-14-8-3-4-9-15(14)21(17)2/h3-5,7-10,19H,6,11-12H2,1-2H3. The second-order valence-corrected chi connectivity index (χ2v) is 5.83. The minimum absolute atomic E-state index is 0.123.